The molecule has 0 fully saturated rings. The summed E-state index contributed by atoms with van der Waals surface area (Å²) < 4.78 is 28.5. The summed E-state index contributed by atoms with van der Waals surface area (Å²) in [5.41, 5.74) is 2.30. The van der Waals surface area contributed by atoms with E-state index in [9.17, 15) is 18.3 Å². The number of carboxylic acid groups (broad SMARTS) is 1. The van der Waals surface area contributed by atoms with E-state index in [4.69, 9.17) is 0 Å². The van der Waals surface area contributed by atoms with Crippen molar-refractivity contribution in [2.75, 3.05) is 4.72 Å². The van der Waals surface area contributed by atoms with E-state index >= 15 is 0 Å². The predicted molar refractivity (Wildman–Crippen MR) is 92.6 cm³/mol. The van der Waals surface area contributed by atoms with Gasteiger partial charge in [-0.05, 0) is 61.7 Å². The van der Waals surface area contributed by atoms with E-state index in [1.807, 2.05) is 6.92 Å². The van der Waals surface area contributed by atoms with Crippen LogP contribution >= 0.6 is 15.9 Å². The monoisotopic (exact) mass is 397 g/mol. The van der Waals surface area contributed by atoms with Gasteiger partial charge in [-0.1, -0.05) is 22.0 Å². The number of benzene rings is 2. The van der Waals surface area contributed by atoms with Gasteiger partial charge in [-0.25, -0.2) is 13.2 Å². The van der Waals surface area contributed by atoms with Gasteiger partial charge >= 0.3 is 5.97 Å². The summed E-state index contributed by atoms with van der Waals surface area (Å²) >= 11 is 3.36. The number of aromatic carboxylic acids is 1. The highest BCUT2D eigenvalue weighted by Crippen LogP contribution is 2.25. The van der Waals surface area contributed by atoms with Crippen LogP contribution in [0.25, 0.3) is 0 Å². The summed E-state index contributed by atoms with van der Waals surface area (Å²) in [5.74, 6) is -1.15. The Morgan fingerprint density at radius 3 is 2.26 bits per heavy atom. The lowest BCUT2D eigenvalue weighted by atomic mass is 10.1. The maximum Gasteiger partial charge on any atom is 0.335 e. The zero-order valence-corrected chi connectivity index (χ0v) is 15.2. The van der Waals surface area contributed by atoms with Gasteiger partial charge in [0.05, 0.1) is 10.5 Å². The van der Waals surface area contributed by atoms with Crippen LogP contribution in [0.1, 0.15) is 27.0 Å². The lowest BCUT2D eigenvalue weighted by molar-refractivity contribution is 0.0696. The second-order valence-electron chi connectivity index (χ2n) is 5.31. The fourth-order valence-corrected chi connectivity index (χ4v) is 3.82. The number of hydrogen-bond acceptors (Lipinski definition) is 3. The first kappa shape index (κ1) is 17.5. The first-order chi connectivity index (χ1) is 10.6. The first-order valence-corrected chi connectivity index (χ1v) is 9.03. The Bertz CT molecular complexity index is 891. The Balaban J connectivity index is 2.49. The van der Waals surface area contributed by atoms with Crippen LogP contribution in [0.4, 0.5) is 5.69 Å². The quantitative estimate of drug-likeness (QED) is 0.819. The SMILES string of the molecule is Cc1cc(NS(=O)(=O)c2cc(C(=O)O)c(C)cc2C)ccc1Br. The standard InChI is InChI=1S/C16H16BrNO4S/c1-9-6-11(3)15(8-13(9)16(19)20)23(21,22)18-12-4-5-14(17)10(2)7-12/h4-8,18H,1-3H3,(H,19,20). The second-order valence-corrected chi connectivity index (χ2v) is 7.81. The van der Waals surface area contributed by atoms with Gasteiger partial charge in [0.15, 0.2) is 0 Å². The third-order valence-electron chi connectivity index (χ3n) is 3.45. The van der Waals surface area contributed by atoms with Crippen LogP contribution in [0.15, 0.2) is 39.7 Å². The van der Waals surface area contributed by atoms with Crippen molar-refractivity contribution in [2.45, 2.75) is 25.7 Å². The van der Waals surface area contributed by atoms with Gasteiger partial charge < -0.3 is 5.11 Å². The van der Waals surface area contributed by atoms with Gasteiger partial charge in [0, 0.05) is 10.2 Å². The summed E-state index contributed by atoms with van der Waals surface area (Å²) in [6, 6.07) is 7.84. The average molecular weight is 398 g/mol. The highest BCUT2D eigenvalue weighted by molar-refractivity contribution is 9.10. The van der Waals surface area contributed by atoms with Crippen molar-refractivity contribution in [3.8, 4) is 0 Å². The molecule has 0 aliphatic carbocycles. The van der Waals surface area contributed by atoms with Gasteiger partial charge in [0.25, 0.3) is 10.0 Å². The molecule has 0 unspecified atom stereocenters. The van der Waals surface area contributed by atoms with Crippen LogP contribution in [-0.4, -0.2) is 19.5 Å². The molecule has 2 aromatic carbocycles. The van der Waals surface area contributed by atoms with Gasteiger partial charge in [-0.15, -0.1) is 0 Å². The van der Waals surface area contributed by atoms with E-state index in [-0.39, 0.29) is 10.5 Å². The van der Waals surface area contributed by atoms with Crippen LogP contribution in [-0.2, 0) is 10.0 Å². The maximum atomic E-state index is 12.6. The fourth-order valence-electron chi connectivity index (χ4n) is 2.27. The predicted octanol–water partition coefficient (Wildman–Crippen LogP) is 3.87. The van der Waals surface area contributed by atoms with Crippen molar-refractivity contribution in [1.82, 2.24) is 0 Å². The lowest BCUT2D eigenvalue weighted by Crippen LogP contribution is -2.16. The normalized spacial score (nSPS) is 11.3. The first-order valence-electron chi connectivity index (χ1n) is 6.75. The molecule has 2 aromatic rings. The number of halogens is 1. The number of carbonyl (C=O) groups is 1. The molecular formula is C16H16BrNO4S. The minimum Gasteiger partial charge on any atom is -0.478 e. The summed E-state index contributed by atoms with van der Waals surface area (Å²) in [7, 11) is -3.88. The molecule has 5 nitrogen and oxygen atoms in total. The van der Waals surface area contributed by atoms with Gasteiger partial charge in [-0.2, -0.15) is 0 Å². The highest BCUT2D eigenvalue weighted by atomic mass is 79.9. The minimum atomic E-state index is -3.88. The van der Waals surface area contributed by atoms with E-state index in [1.165, 1.54) is 6.07 Å². The Kier molecular flexibility index (Phi) is 4.81. The molecular weight excluding hydrogens is 382 g/mol. The largest absolute Gasteiger partial charge is 0.478 e. The molecule has 2 N–H and O–H groups in total. The van der Waals surface area contributed by atoms with Crippen LogP contribution in [0, 0.1) is 20.8 Å². The van der Waals surface area contributed by atoms with E-state index in [0.717, 1.165) is 10.0 Å². The molecule has 0 radical (unpaired) electrons. The zero-order chi connectivity index (χ0) is 17.4. The molecule has 0 spiro atoms. The number of aryl methyl sites for hydroxylation is 3. The Hall–Kier alpha value is -1.86. The molecule has 2 rings (SSSR count). The van der Waals surface area contributed by atoms with Crippen LogP contribution < -0.4 is 4.72 Å². The zero-order valence-electron chi connectivity index (χ0n) is 12.8. The molecule has 0 atom stereocenters. The van der Waals surface area contributed by atoms with Gasteiger partial charge in [0.2, 0.25) is 0 Å². The Labute approximate surface area is 143 Å². The van der Waals surface area contributed by atoms with E-state index in [1.54, 1.807) is 38.1 Å². The minimum absolute atomic E-state index is 0.0250. The molecule has 122 valence electrons. The molecule has 7 heteroatoms. The van der Waals surface area contributed by atoms with E-state index < -0.39 is 16.0 Å². The van der Waals surface area contributed by atoms with Crippen molar-refractivity contribution < 1.29 is 18.3 Å². The van der Waals surface area contributed by atoms with Crippen molar-refractivity contribution in [1.29, 1.82) is 0 Å². The number of carboxylic acids is 1. The topological polar surface area (TPSA) is 83.5 Å². The molecule has 0 saturated heterocycles. The van der Waals surface area contributed by atoms with Crippen LogP contribution in [0.2, 0.25) is 0 Å². The van der Waals surface area contributed by atoms with Crippen molar-refractivity contribution in [3.05, 3.63) is 57.1 Å². The molecule has 0 saturated carbocycles. The number of sulfonamides is 1. The maximum absolute atomic E-state index is 12.6. The third kappa shape index (κ3) is 3.73. The molecule has 0 heterocycles. The van der Waals surface area contributed by atoms with Crippen molar-refractivity contribution >= 4 is 37.6 Å². The average Bonchev–Trinajstić information content (AvgIpc) is 2.41. The van der Waals surface area contributed by atoms with Crippen molar-refractivity contribution in [3.63, 3.8) is 0 Å². The number of hydrogen-bond donors (Lipinski definition) is 2. The molecule has 0 aromatic heterocycles. The van der Waals surface area contributed by atoms with Gasteiger partial charge in [0.1, 0.15) is 0 Å². The lowest BCUT2D eigenvalue weighted by Gasteiger charge is -2.13. The summed E-state index contributed by atoms with van der Waals surface area (Å²) in [6.07, 6.45) is 0. The second kappa shape index (κ2) is 6.33. The van der Waals surface area contributed by atoms with E-state index in [0.29, 0.717) is 16.8 Å². The number of rotatable bonds is 4. The van der Waals surface area contributed by atoms with Crippen LogP contribution in [0.3, 0.4) is 0 Å². The number of nitrogens with one attached hydrogen (secondary N) is 1. The highest BCUT2D eigenvalue weighted by Gasteiger charge is 2.21. The molecule has 23 heavy (non-hydrogen) atoms. The van der Waals surface area contributed by atoms with Crippen molar-refractivity contribution in [2.24, 2.45) is 0 Å². The summed E-state index contributed by atoms with van der Waals surface area (Å²) in [6.45, 7) is 5.12. The Morgan fingerprint density at radius 2 is 1.70 bits per heavy atom. The Morgan fingerprint density at radius 1 is 1.04 bits per heavy atom. The molecule has 0 aliphatic heterocycles. The fraction of sp³-hybridized carbons (Fsp3) is 0.188. The third-order valence-corrected chi connectivity index (χ3v) is 5.87. The smallest absolute Gasteiger partial charge is 0.335 e. The van der Waals surface area contributed by atoms with Crippen LogP contribution in [0.5, 0.6) is 0 Å². The van der Waals surface area contributed by atoms with Gasteiger partial charge in [-0.3, -0.25) is 4.72 Å². The molecule has 0 bridgehead atoms. The van der Waals surface area contributed by atoms with E-state index in [2.05, 4.69) is 20.7 Å². The molecule has 0 aliphatic rings. The summed E-state index contributed by atoms with van der Waals surface area (Å²) in [4.78, 5) is 11.2. The molecule has 0 amide bonds. The number of anilines is 1. The summed E-state index contributed by atoms with van der Waals surface area (Å²) in [5, 5.41) is 9.18.